The summed E-state index contributed by atoms with van der Waals surface area (Å²) in [4.78, 5) is 27.7. The van der Waals surface area contributed by atoms with E-state index in [9.17, 15) is 9.59 Å². The number of para-hydroxylation sites is 1. The molecular weight excluding hydrogens is 316 g/mol. The molecule has 0 aliphatic heterocycles. The third kappa shape index (κ3) is 4.65. The van der Waals surface area contributed by atoms with Crippen LogP contribution in [0.25, 0.3) is 0 Å². The highest BCUT2D eigenvalue weighted by molar-refractivity contribution is 6.43. The molecule has 0 aliphatic rings. The van der Waals surface area contributed by atoms with Gasteiger partial charge in [-0.05, 0) is 48.5 Å². The van der Waals surface area contributed by atoms with E-state index in [1.165, 1.54) is 6.20 Å². The van der Waals surface area contributed by atoms with E-state index in [4.69, 9.17) is 0 Å². The molecule has 3 rings (SSSR count). The molecule has 0 spiro atoms. The number of carbonyl (C=O) groups is 2. The first-order valence-electron chi connectivity index (χ1n) is 7.65. The highest BCUT2D eigenvalue weighted by Crippen LogP contribution is 2.18. The lowest BCUT2D eigenvalue weighted by Crippen LogP contribution is -2.29. The van der Waals surface area contributed by atoms with Gasteiger partial charge in [-0.15, -0.1) is 0 Å². The molecule has 6 nitrogen and oxygen atoms in total. The minimum atomic E-state index is -0.750. The van der Waals surface area contributed by atoms with Crippen LogP contribution in [0.5, 0.6) is 0 Å². The number of rotatable bonds is 4. The number of pyridine rings is 1. The molecule has 6 heteroatoms. The second-order valence-electron chi connectivity index (χ2n) is 5.22. The minimum Gasteiger partial charge on any atom is -0.356 e. The van der Waals surface area contributed by atoms with Crippen LogP contribution < -0.4 is 16.0 Å². The summed E-state index contributed by atoms with van der Waals surface area (Å²) in [6.07, 6.45) is 3.05. The first-order chi connectivity index (χ1) is 12.2. The van der Waals surface area contributed by atoms with Crippen LogP contribution in [0, 0.1) is 0 Å². The van der Waals surface area contributed by atoms with Crippen LogP contribution in [-0.4, -0.2) is 16.8 Å². The van der Waals surface area contributed by atoms with E-state index >= 15 is 0 Å². The SMILES string of the molecule is O=C(Nc1ccc(Nc2ccccc2)cc1)C(=O)Nc1cccnc1. The second kappa shape index (κ2) is 7.74. The number of nitrogens with one attached hydrogen (secondary N) is 3. The zero-order chi connectivity index (χ0) is 17.5. The normalized spacial score (nSPS) is 9.92. The summed E-state index contributed by atoms with van der Waals surface area (Å²) < 4.78 is 0. The van der Waals surface area contributed by atoms with Gasteiger partial charge in [0.1, 0.15) is 0 Å². The summed E-state index contributed by atoms with van der Waals surface area (Å²) in [5.41, 5.74) is 2.84. The molecule has 1 heterocycles. The van der Waals surface area contributed by atoms with Crippen LogP contribution in [-0.2, 0) is 9.59 Å². The Balaban J connectivity index is 1.57. The van der Waals surface area contributed by atoms with Gasteiger partial charge in [0, 0.05) is 23.3 Å². The van der Waals surface area contributed by atoms with Crippen molar-refractivity contribution in [3.05, 3.63) is 79.1 Å². The molecule has 0 unspecified atom stereocenters. The van der Waals surface area contributed by atoms with Crippen LogP contribution in [0.3, 0.4) is 0 Å². The average molecular weight is 332 g/mol. The third-order valence-corrected chi connectivity index (χ3v) is 3.33. The van der Waals surface area contributed by atoms with Crippen LogP contribution in [0.2, 0.25) is 0 Å². The van der Waals surface area contributed by atoms with Gasteiger partial charge in [0.15, 0.2) is 0 Å². The van der Waals surface area contributed by atoms with Crippen molar-refractivity contribution in [2.75, 3.05) is 16.0 Å². The highest BCUT2D eigenvalue weighted by Gasteiger charge is 2.13. The van der Waals surface area contributed by atoms with Crippen LogP contribution in [0.15, 0.2) is 79.1 Å². The van der Waals surface area contributed by atoms with E-state index in [1.54, 1.807) is 30.5 Å². The molecule has 25 heavy (non-hydrogen) atoms. The van der Waals surface area contributed by atoms with Crippen molar-refractivity contribution in [1.82, 2.24) is 4.98 Å². The fraction of sp³-hybridized carbons (Fsp3) is 0. The van der Waals surface area contributed by atoms with Gasteiger partial charge in [-0.3, -0.25) is 14.6 Å². The zero-order valence-electron chi connectivity index (χ0n) is 13.3. The number of hydrogen-bond donors (Lipinski definition) is 3. The van der Waals surface area contributed by atoms with E-state index in [-0.39, 0.29) is 0 Å². The summed E-state index contributed by atoms with van der Waals surface area (Å²) in [5, 5.41) is 8.27. The Bertz CT molecular complexity index is 850. The predicted molar refractivity (Wildman–Crippen MR) is 97.7 cm³/mol. The van der Waals surface area contributed by atoms with Gasteiger partial charge in [0.05, 0.1) is 11.9 Å². The fourth-order valence-electron chi connectivity index (χ4n) is 2.14. The lowest BCUT2D eigenvalue weighted by Gasteiger charge is -2.09. The second-order valence-corrected chi connectivity index (χ2v) is 5.22. The molecule has 0 aliphatic carbocycles. The Labute approximate surface area is 144 Å². The Morgan fingerprint density at radius 2 is 1.20 bits per heavy atom. The predicted octanol–water partition coefficient (Wildman–Crippen LogP) is 3.40. The van der Waals surface area contributed by atoms with Crippen molar-refractivity contribution in [2.45, 2.75) is 0 Å². The summed E-state index contributed by atoms with van der Waals surface area (Å²) >= 11 is 0. The van der Waals surface area contributed by atoms with Crippen LogP contribution in [0.4, 0.5) is 22.7 Å². The quantitative estimate of drug-likeness (QED) is 0.639. The molecule has 2 aromatic carbocycles. The van der Waals surface area contributed by atoms with E-state index in [2.05, 4.69) is 20.9 Å². The van der Waals surface area contributed by atoms with Gasteiger partial charge in [-0.25, -0.2) is 0 Å². The molecule has 1 aromatic heterocycles. The molecule has 0 saturated carbocycles. The number of carbonyl (C=O) groups excluding carboxylic acids is 2. The summed E-state index contributed by atoms with van der Waals surface area (Å²) in [5.74, 6) is -1.49. The van der Waals surface area contributed by atoms with Crippen molar-refractivity contribution in [3.63, 3.8) is 0 Å². The first-order valence-corrected chi connectivity index (χ1v) is 7.65. The van der Waals surface area contributed by atoms with Crippen molar-refractivity contribution in [1.29, 1.82) is 0 Å². The average Bonchev–Trinajstić information content (AvgIpc) is 2.65. The summed E-state index contributed by atoms with van der Waals surface area (Å²) in [6, 6.07) is 20.2. The van der Waals surface area contributed by atoms with Crippen molar-refractivity contribution >= 4 is 34.6 Å². The van der Waals surface area contributed by atoms with Gasteiger partial charge in [0.2, 0.25) is 0 Å². The number of aromatic nitrogens is 1. The molecule has 124 valence electrons. The molecule has 0 fully saturated rings. The van der Waals surface area contributed by atoms with Gasteiger partial charge >= 0.3 is 11.8 Å². The lowest BCUT2D eigenvalue weighted by molar-refractivity contribution is -0.133. The molecule has 3 aromatic rings. The highest BCUT2D eigenvalue weighted by atomic mass is 16.2. The van der Waals surface area contributed by atoms with Gasteiger partial charge in [-0.2, -0.15) is 0 Å². The Morgan fingerprint density at radius 3 is 1.84 bits per heavy atom. The van der Waals surface area contributed by atoms with Crippen molar-refractivity contribution in [3.8, 4) is 0 Å². The number of benzene rings is 2. The maximum Gasteiger partial charge on any atom is 0.314 e. The standard InChI is InChI=1S/C19H16N4O2/c24-18(19(25)23-17-7-4-12-20-13-17)22-16-10-8-15(9-11-16)21-14-5-2-1-3-6-14/h1-13,21H,(H,22,24)(H,23,25). The van der Waals surface area contributed by atoms with Crippen LogP contribution >= 0.6 is 0 Å². The Kier molecular flexibility index (Phi) is 5.01. The van der Waals surface area contributed by atoms with E-state index in [0.29, 0.717) is 11.4 Å². The van der Waals surface area contributed by atoms with Gasteiger partial charge < -0.3 is 16.0 Å². The fourth-order valence-corrected chi connectivity index (χ4v) is 2.14. The van der Waals surface area contributed by atoms with E-state index < -0.39 is 11.8 Å². The topological polar surface area (TPSA) is 83.1 Å². The maximum atomic E-state index is 11.9. The number of hydrogen-bond acceptors (Lipinski definition) is 4. The van der Waals surface area contributed by atoms with Gasteiger partial charge in [0.25, 0.3) is 0 Å². The summed E-state index contributed by atoms with van der Waals surface area (Å²) in [7, 11) is 0. The van der Waals surface area contributed by atoms with Crippen molar-refractivity contribution in [2.24, 2.45) is 0 Å². The van der Waals surface area contributed by atoms with Gasteiger partial charge in [-0.1, -0.05) is 18.2 Å². The van der Waals surface area contributed by atoms with Crippen LogP contribution in [0.1, 0.15) is 0 Å². The van der Waals surface area contributed by atoms with E-state index in [1.807, 2.05) is 42.5 Å². The smallest absolute Gasteiger partial charge is 0.314 e. The lowest BCUT2D eigenvalue weighted by atomic mass is 10.2. The maximum absolute atomic E-state index is 11.9. The molecule has 2 amide bonds. The minimum absolute atomic E-state index is 0.463. The molecule has 3 N–H and O–H groups in total. The molecule has 0 saturated heterocycles. The molecular formula is C19H16N4O2. The molecule has 0 radical (unpaired) electrons. The van der Waals surface area contributed by atoms with Crippen molar-refractivity contribution < 1.29 is 9.59 Å². The van der Waals surface area contributed by atoms with E-state index in [0.717, 1.165) is 11.4 Å². The number of amides is 2. The Morgan fingerprint density at radius 1 is 0.640 bits per heavy atom. The largest absolute Gasteiger partial charge is 0.356 e. The molecule has 0 bridgehead atoms. The number of nitrogens with zero attached hydrogens (tertiary/aromatic N) is 1. The monoisotopic (exact) mass is 332 g/mol. The molecule has 0 atom stereocenters. The first kappa shape index (κ1) is 16.2. The summed E-state index contributed by atoms with van der Waals surface area (Å²) in [6.45, 7) is 0. The Hall–Kier alpha value is -3.67. The zero-order valence-corrected chi connectivity index (χ0v) is 13.3. The third-order valence-electron chi connectivity index (χ3n) is 3.33. The number of anilines is 4.